The number of amides is 1. The van der Waals surface area contributed by atoms with E-state index in [9.17, 15) is 4.79 Å². The fourth-order valence-corrected chi connectivity index (χ4v) is 1.79. The lowest BCUT2D eigenvalue weighted by Gasteiger charge is -2.08. The quantitative estimate of drug-likeness (QED) is 0.792. The number of nitrogen functional groups attached to an aromatic ring is 1. The van der Waals surface area contributed by atoms with E-state index in [4.69, 9.17) is 5.73 Å². The van der Waals surface area contributed by atoms with Crippen LogP contribution in [0.1, 0.15) is 21.5 Å². The average molecular weight is 240 g/mol. The highest BCUT2D eigenvalue weighted by Crippen LogP contribution is 2.17. The third-order valence-electron chi connectivity index (χ3n) is 2.73. The van der Waals surface area contributed by atoms with Gasteiger partial charge < -0.3 is 11.1 Å². The van der Waals surface area contributed by atoms with Crippen LogP contribution in [0.5, 0.6) is 0 Å². The Labute approximate surface area is 107 Å². The van der Waals surface area contributed by atoms with Gasteiger partial charge in [-0.2, -0.15) is 0 Å². The minimum absolute atomic E-state index is 0.179. The SMILES string of the molecule is Cc1cccc(NC(=O)c2cc(C)ccc2N)c1. The van der Waals surface area contributed by atoms with Crippen LogP contribution in [0.25, 0.3) is 0 Å². The molecule has 0 aliphatic heterocycles. The molecule has 0 aliphatic rings. The third kappa shape index (κ3) is 2.69. The number of hydrogen-bond donors (Lipinski definition) is 2. The lowest BCUT2D eigenvalue weighted by molar-refractivity contribution is 0.102. The molecular formula is C15H16N2O. The lowest BCUT2D eigenvalue weighted by atomic mass is 10.1. The average Bonchev–Trinajstić information content (AvgIpc) is 2.32. The van der Waals surface area contributed by atoms with Gasteiger partial charge in [0, 0.05) is 11.4 Å². The molecule has 2 aromatic carbocycles. The summed E-state index contributed by atoms with van der Waals surface area (Å²) in [6, 6.07) is 13.1. The van der Waals surface area contributed by atoms with Crippen LogP contribution in [0.2, 0.25) is 0 Å². The summed E-state index contributed by atoms with van der Waals surface area (Å²) in [6.07, 6.45) is 0. The second-order valence-corrected chi connectivity index (χ2v) is 4.41. The maximum Gasteiger partial charge on any atom is 0.257 e. The standard InChI is InChI=1S/C15H16N2O/c1-10-4-3-5-12(8-10)17-15(18)13-9-11(2)6-7-14(13)16/h3-9H,16H2,1-2H3,(H,17,18). The molecule has 92 valence electrons. The first-order valence-corrected chi connectivity index (χ1v) is 5.80. The predicted octanol–water partition coefficient (Wildman–Crippen LogP) is 3.14. The fourth-order valence-electron chi connectivity index (χ4n) is 1.79. The zero-order valence-corrected chi connectivity index (χ0v) is 10.5. The van der Waals surface area contributed by atoms with Crippen molar-refractivity contribution in [3.8, 4) is 0 Å². The molecule has 3 N–H and O–H groups in total. The Morgan fingerprint density at radius 2 is 1.78 bits per heavy atom. The molecule has 0 radical (unpaired) electrons. The van der Waals surface area contributed by atoms with Crippen molar-refractivity contribution in [3.63, 3.8) is 0 Å². The Kier molecular flexibility index (Phi) is 3.33. The summed E-state index contributed by atoms with van der Waals surface area (Å²) in [6.45, 7) is 3.92. The van der Waals surface area contributed by atoms with Crippen LogP contribution < -0.4 is 11.1 Å². The van der Waals surface area contributed by atoms with Gasteiger partial charge in [-0.1, -0.05) is 23.8 Å². The van der Waals surface area contributed by atoms with Gasteiger partial charge in [0.1, 0.15) is 0 Å². The second-order valence-electron chi connectivity index (χ2n) is 4.41. The van der Waals surface area contributed by atoms with E-state index in [1.165, 1.54) is 0 Å². The van der Waals surface area contributed by atoms with Crippen LogP contribution >= 0.6 is 0 Å². The largest absolute Gasteiger partial charge is 0.398 e. The molecule has 3 heteroatoms. The Morgan fingerprint density at radius 3 is 2.50 bits per heavy atom. The Bertz CT molecular complexity index is 591. The number of anilines is 2. The van der Waals surface area contributed by atoms with E-state index in [0.29, 0.717) is 11.3 Å². The summed E-state index contributed by atoms with van der Waals surface area (Å²) < 4.78 is 0. The van der Waals surface area contributed by atoms with Crippen LogP contribution in [-0.2, 0) is 0 Å². The van der Waals surface area contributed by atoms with E-state index < -0.39 is 0 Å². The molecule has 0 saturated carbocycles. The highest BCUT2D eigenvalue weighted by atomic mass is 16.1. The van der Waals surface area contributed by atoms with E-state index in [-0.39, 0.29) is 5.91 Å². The van der Waals surface area contributed by atoms with E-state index in [1.807, 2.05) is 44.2 Å². The maximum atomic E-state index is 12.1. The van der Waals surface area contributed by atoms with Crippen LogP contribution in [0.15, 0.2) is 42.5 Å². The molecular weight excluding hydrogens is 224 g/mol. The van der Waals surface area contributed by atoms with E-state index >= 15 is 0 Å². The summed E-state index contributed by atoms with van der Waals surface area (Å²) in [4.78, 5) is 12.1. The summed E-state index contributed by atoms with van der Waals surface area (Å²) >= 11 is 0. The zero-order valence-electron chi connectivity index (χ0n) is 10.5. The minimum atomic E-state index is -0.179. The molecule has 3 nitrogen and oxygen atoms in total. The highest BCUT2D eigenvalue weighted by Gasteiger charge is 2.10. The highest BCUT2D eigenvalue weighted by molar-refractivity contribution is 6.07. The molecule has 0 saturated heterocycles. The Balaban J connectivity index is 2.24. The van der Waals surface area contributed by atoms with Gasteiger partial charge in [0.15, 0.2) is 0 Å². The van der Waals surface area contributed by atoms with Gasteiger partial charge in [-0.05, 0) is 43.7 Å². The monoisotopic (exact) mass is 240 g/mol. The van der Waals surface area contributed by atoms with Crippen molar-refractivity contribution >= 4 is 17.3 Å². The van der Waals surface area contributed by atoms with Crippen molar-refractivity contribution in [2.45, 2.75) is 13.8 Å². The first-order chi connectivity index (χ1) is 8.56. The summed E-state index contributed by atoms with van der Waals surface area (Å²) in [7, 11) is 0. The van der Waals surface area contributed by atoms with Crippen molar-refractivity contribution in [1.29, 1.82) is 0 Å². The predicted molar refractivity (Wildman–Crippen MR) is 74.7 cm³/mol. The van der Waals surface area contributed by atoms with Gasteiger partial charge in [0.05, 0.1) is 5.56 Å². The molecule has 2 aromatic rings. The number of hydrogen-bond acceptors (Lipinski definition) is 2. The molecule has 2 rings (SSSR count). The van der Waals surface area contributed by atoms with Gasteiger partial charge in [0.25, 0.3) is 5.91 Å². The fraction of sp³-hybridized carbons (Fsp3) is 0.133. The lowest BCUT2D eigenvalue weighted by Crippen LogP contribution is -2.14. The van der Waals surface area contributed by atoms with Crippen molar-refractivity contribution in [3.05, 3.63) is 59.2 Å². The Hall–Kier alpha value is -2.29. The molecule has 0 bridgehead atoms. The van der Waals surface area contributed by atoms with Gasteiger partial charge in [-0.3, -0.25) is 4.79 Å². The van der Waals surface area contributed by atoms with Crippen molar-refractivity contribution < 1.29 is 4.79 Å². The number of aryl methyl sites for hydroxylation is 2. The maximum absolute atomic E-state index is 12.1. The summed E-state index contributed by atoms with van der Waals surface area (Å²) in [5.74, 6) is -0.179. The van der Waals surface area contributed by atoms with Crippen LogP contribution in [0.4, 0.5) is 11.4 Å². The van der Waals surface area contributed by atoms with Crippen molar-refractivity contribution in [2.75, 3.05) is 11.1 Å². The van der Waals surface area contributed by atoms with E-state index in [1.54, 1.807) is 12.1 Å². The van der Waals surface area contributed by atoms with Crippen molar-refractivity contribution in [1.82, 2.24) is 0 Å². The molecule has 0 spiro atoms. The number of benzene rings is 2. The molecule has 0 heterocycles. The van der Waals surface area contributed by atoms with Gasteiger partial charge in [-0.25, -0.2) is 0 Å². The third-order valence-corrected chi connectivity index (χ3v) is 2.73. The van der Waals surface area contributed by atoms with E-state index in [2.05, 4.69) is 5.32 Å². The topological polar surface area (TPSA) is 55.1 Å². The Morgan fingerprint density at radius 1 is 1.06 bits per heavy atom. The van der Waals surface area contributed by atoms with Gasteiger partial charge >= 0.3 is 0 Å². The summed E-state index contributed by atoms with van der Waals surface area (Å²) in [5.41, 5.74) is 9.71. The number of nitrogens with one attached hydrogen (secondary N) is 1. The number of carbonyl (C=O) groups excluding carboxylic acids is 1. The van der Waals surface area contributed by atoms with Crippen molar-refractivity contribution in [2.24, 2.45) is 0 Å². The zero-order chi connectivity index (χ0) is 13.1. The first-order valence-electron chi connectivity index (χ1n) is 5.80. The van der Waals surface area contributed by atoms with Crippen LogP contribution in [0.3, 0.4) is 0 Å². The van der Waals surface area contributed by atoms with Gasteiger partial charge in [-0.15, -0.1) is 0 Å². The van der Waals surface area contributed by atoms with Crippen LogP contribution in [-0.4, -0.2) is 5.91 Å². The van der Waals surface area contributed by atoms with Crippen LogP contribution in [0, 0.1) is 13.8 Å². The molecule has 0 fully saturated rings. The number of rotatable bonds is 2. The van der Waals surface area contributed by atoms with E-state index in [0.717, 1.165) is 16.8 Å². The van der Waals surface area contributed by atoms with Gasteiger partial charge in [0.2, 0.25) is 0 Å². The molecule has 18 heavy (non-hydrogen) atoms. The molecule has 0 unspecified atom stereocenters. The number of nitrogens with two attached hydrogens (primary N) is 1. The molecule has 1 amide bonds. The molecule has 0 atom stereocenters. The first kappa shape index (κ1) is 12.2. The molecule has 0 aromatic heterocycles. The smallest absolute Gasteiger partial charge is 0.257 e. The summed E-state index contributed by atoms with van der Waals surface area (Å²) in [5, 5.41) is 2.85. The molecule has 0 aliphatic carbocycles. The minimum Gasteiger partial charge on any atom is -0.398 e. The number of carbonyl (C=O) groups is 1. The second kappa shape index (κ2) is 4.92. The normalized spacial score (nSPS) is 10.1.